The number of carbonyl (C=O) groups is 4. The Balaban J connectivity index is 5.24. The number of hydrogen-bond acceptors (Lipinski definition) is 15. The van der Waals surface area contributed by atoms with E-state index in [1.165, 1.54) is 212 Å². The number of carbonyl (C=O) groups excluding carboxylic acids is 4. The number of phosphoric ester groups is 2. The minimum atomic E-state index is -4.96. The zero-order valence-electron chi connectivity index (χ0n) is 64.3. The van der Waals surface area contributed by atoms with Gasteiger partial charge in [0.15, 0.2) is 12.2 Å². The Hall–Kier alpha value is -1.94. The number of rotatable bonds is 77. The maximum Gasteiger partial charge on any atom is 0.472 e. The van der Waals surface area contributed by atoms with Crippen molar-refractivity contribution < 1.29 is 80.2 Å². The second-order valence-electron chi connectivity index (χ2n) is 29.6. The first-order chi connectivity index (χ1) is 47.3. The van der Waals surface area contributed by atoms with Crippen LogP contribution in [0.15, 0.2) is 0 Å². The summed E-state index contributed by atoms with van der Waals surface area (Å²) < 4.78 is 68.6. The predicted octanol–water partition coefficient (Wildman–Crippen LogP) is 23.4. The van der Waals surface area contributed by atoms with E-state index >= 15 is 0 Å². The van der Waals surface area contributed by atoms with Crippen LogP contribution in [0.4, 0.5) is 0 Å². The Labute approximate surface area is 600 Å². The zero-order chi connectivity index (χ0) is 72.3. The Kier molecular flexibility index (Phi) is 68.1. The Bertz CT molecular complexity index is 1910. The molecule has 0 amide bonds. The van der Waals surface area contributed by atoms with Gasteiger partial charge in [0.05, 0.1) is 26.4 Å². The molecule has 0 aliphatic rings. The number of hydrogen-bond donors (Lipinski definition) is 3. The normalized spacial score (nSPS) is 14.3. The molecule has 0 bridgehead atoms. The Morgan fingerprint density at radius 3 is 0.776 bits per heavy atom. The summed E-state index contributed by atoms with van der Waals surface area (Å²) in [5.74, 6) is 0.172. The number of esters is 4. The van der Waals surface area contributed by atoms with E-state index in [0.717, 1.165) is 108 Å². The SMILES string of the molecule is CCCCCCCCCCCCCCCCCCCCC(=O)OC[C@H](COP(=O)(O)OC[C@@H](O)COP(=O)(O)OC[C@@H](COC(=O)CCCCCCCCCC(C)C)OC(=O)CCCCCCCCCCCC(C)C)OC(=O)CCCCCCCCCCCCCCCCC(C)CC. The lowest BCUT2D eigenvalue weighted by atomic mass is 9.99. The van der Waals surface area contributed by atoms with Crippen LogP contribution in [-0.2, 0) is 65.4 Å². The summed E-state index contributed by atoms with van der Waals surface area (Å²) >= 11 is 0. The van der Waals surface area contributed by atoms with E-state index in [4.69, 9.17) is 37.0 Å². The molecule has 98 heavy (non-hydrogen) atoms. The molecule has 0 rings (SSSR count). The maximum atomic E-state index is 13.1. The highest BCUT2D eigenvalue weighted by Crippen LogP contribution is 2.45. The van der Waals surface area contributed by atoms with Gasteiger partial charge in [0.2, 0.25) is 0 Å². The van der Waals surface area contributed by atoms with Crippen LogP contribution in [0, 0.1) is 17.8 Å². The third-order valence-electron chi connectivity index (χ3n) is 18.7. The molecule has 582 valence electrons. The fourth-order valence-electron chi connectivity index (χ4n) is 12.1. The van der Waals surface area contributed by atoms with Crippen LogP contribution in [0.25, 0.3) is 0 Å². The predicted molar refractivity (Wildman–Crippen MR) is 400 cm³/mol. The van der Waals surface area contributed by atoms with Crippen LogP contribution in [0.5, 0.6) is 0 Å². The van der Waals surface area contributed by atoms with E-state index in [2.05, 4.69) is 48.5 Å². The van der Waals surface area contributed by atoms with E-state index in [0.29, 0.717) is 31.6 Å². The van der Waals surface area contributed by atoms with Crippen molar-refractivity contribution in [3.8, 4) is 0 Å². The van der Waals surface area contributed by atoms with Crippen molar-refractivity contribution in [1.82, 2.24) is 0 Å². The van der Waals surface area contributed by atoms with Crippen LogP contribution in [0.3, 0.4) is 0 Å². The number of aliphatic hydroxyl groups excluding tert-OH is 1. The lowest BCUT2D eigenvalue weighted by Gasteiger charge is -2.21. The van der Waals surface area contributed by atoms with Crippen LogP contribution < -0.4 is 0 Å². The van der Waals surface area contributed by atoms with E-state index in [-0.39, 0.29) is 25.7 Å². The first-order valence-electron chi connectivity index (χ1n) is 40.9. The molecule has 17 nitrogen and oxygen atoms in total. The molecule has 0 radical (unpaired) electrons. The van der Waals surface area contributed by atoms with E-state index < -0.39 is 97.5 Å². The van der Waals surface area contributed by atoms with Crippen LogP contribution in [0.1, 0.15) is 408 Å². The molecule has 0 saturated heterocycles. The average Bonchev–Trinajstić information content (AvgIpc) is 1.04. The fraction of sp³-hybridized carbons (Fsp3) is 0.949. The Morgan fingerprint density at radius 1 is 0.296 bits per heavy atom. The number of unbranched alkanes of at least 4 members (excludes halogenated alkanes) is 44. The molecule has 0 aromatic heterocycles. The topological polar surface area (TPSA) is 237 Å². The van der Waals surface area contributed by atoms with Crippen molar-refractivity contribution in [2.45, 2.75) is 426 Å². The molecule has 0 spiro atoms. The summed E-state index contributed by atoms with van der Waals surface area (Å²) in [6.45, 7) is 11.9. The molecule has 6 atom stereocenters. The Morgan fingerprint density at radius 2 is 0.520 bits per heavy atom. The lowest BCUT2D eigenvalue weighted by Crippen LogP contribution is -2.30. The highest BCUT2D eigenvalue weighted by molar-refractivity contribution is 7.47. The molecule has 0 fully saturated rings. The van der Waals surface area contributed by atoms with Crippen molar-refractivity contribution in [3.05, 3.63) is 0 Å². The van der Waals surface area contributed by atoms with E-state index in [1.807, 2.05) is 0 Å². The maximum absolute atomic E-state index is 13.1. The highest BCUT2D eigenvalue weighted by atomic mass is 31.2. The van der Waals surface area contributed by atoms with Gasteiger partial charge in [-0.3, -0.25) is 37.3 Å². The third kappa shape index (κ3) is 71.1. The molecule has 19 heteroatoms. The lowest BCUT2D eigenvalue weighted by molar-refractivity contribution is -0.161. The second kappa shape index (κ2) is 69.4. The summed E-state index contributed by atoms with van der Waals surface area (Å²) in [4.78, 5) is 72.9. The molecule has 0 saturated carbocycles. The van der Waals surface area contributed by atoms with Gasteiger partial charge < -0.3 is 33.8 Å². The minimum Gasteiger partial charge on any atom is -0.462 e. The summed E-state index contributed by atoms with van der Waals surface area (Å²) in [6.07, 6.45) is 57.0. The molecule has 3 unspecified atom stereocenters. The van der Waals surface area contributed by atoms with Gasteiger partial charge in [-0.25, -0.2) is 9.13 Å². The number of phosphoric acid groups is 2. The molecular weight excluding hydrogens is 1280 g/mol. The van der Waals surface area contributed by atoms with Crippen molar-refractivity contribution in [2.75, 3.05) is 39.6 Å². The van der Waals surface area contributed by atoms with Gasteiger partial charge in [-0.2, -0.15) is 0 Å². The fourth-order valence-corrected chi connectivity index (χ4v) is 13.7. The van der Waals surface area contributed by atoms with E-state index in [9.17, 15) is 43.2 Å². The summed E-state index contributed by atoms with van der Waals surface area (Å²) in [7, 11) is -9.92. The first-order valence-corrected chi connectivity index (χ1v) is 43.9. The van der Waals surface area contributed by atoms with Crippen molar-refractivity contribution in [3.63, 3.8) is 0 Å². The van der Waals surface area contributed by atoms with Crippen molar-refractivity contribution in [1.29, 1.82) is 0 Å². The molecule has 0 heterocycles. The van der Waals surface area contributed by atoms with Gasteiger partial charge in [0.1, 0.15) is 19.3 Å². The van der Waals surface area contributed by atoms with Gasteiger partial charge >= 0.3 is 39.5 Å². The molecule has 0 aliphatic carbocycles. The molecular formula is C79H154O17P2. The standard InChI is InChI=1S/C79H154O17P2/c1-8-10-11-12-13-14-15-16-17-18-19-20-24-27-32-39-46-53-60-76(81)89-66-74(95-78(83)62-55-48-40-33-28-25-22-21-23-26-31-38-45-52-59-72(7)9-2)68-93-97(85,86)91-64-73(80)65-92-98(87,88)94-69-75(67-90-77(82)61-54-47-42-35-37-44-51-58-71(5)6)96-79(84)63-56-49-41-34-29-30-36-43-50-57-70(3)4/h70-75,80H,8-69H2,1-7H3,(H,85,86)(H,87,88)/t72?,73-,74-,75-/m1/s1. The van der Waals surface area contributed by atoms with Crippen molar-refractivity contribution >= 4 is 39.5 Å². The quantitative estimate of drug-likeness (QED) is 0.0222. The summed E-state index contributed by atoms with van der Waals surface area (Å²) in [6, 6.07) is 0. The number of ether oxygens (including phenoxy) is 4. The van der Waals surface area contributed by atoms with Crippen LogP contribution in [-0.4, -0.2) is 96.7 Å². The second-order valence-corrected chi connectivity index (χ2v) is 32.6. The smallest absolute Gasteiger partial charge is 0.462 e. The van der Waals surface area contributed by atoms with Gasteiger partial charge in [0.25, 0.3) is 0 Å². The van der Waals surface area contributed by atoms with Gasteiger partial charge in [0, 0.05) is 25.7 Å². The largest absolute Gasteiger partial charge is 0.472 e. The summed E-state index contributed by atoms with van der Waals surface area (Å²) in [5.41, 5.74) is 0. The average molecular weight is 1440 g/mol. The summed E-state index contributed by atoms with van der Waals surface area (Å²) in [5, 5.41) is 10.6. The van der Waals surface area contributed by atoms with Crippen molar-refractivity contribution in [2.24, 2.45) is 17.8 Å². The zero-order valence-corrected chi connectivity index (χ0v) is 66.0. The monoisotopic (exact) mass is 1440 g/mol. The van der Waals surface area contributed by atoms with Gasteiger partial charge in [-0.1, -0.05) is 357 Å². The van der Waals surface area contributed by atoms with Gasteiger partial charge in [-0.05, 0) is 43.4 Å². The first kappa shape index (κ1) is 96.1. The van der Waals surface area contributed by atoms with Crippen LogP contribution >= 0.6 is 15.6 Å². The highest BCUT2D eigenvalue weighted by Gasteiger charge is 2.30. The van der Waals surface area contributed by atoms with Gasteiger partial charge in [-0.15, -0.1) is 0 Å². The number of aliphatic hydroxyl groups is 1. The van der Waals surface area contributed by atoms with Crippen LogP contribution in [0.2, 0.25) is 0 Å². The minimum absolute atomic E-state index is 0.104. The molecule has 0 aromatic rings. The molecule has 0 aliphatic heterocycles. The van der Waals surface area contributed by atoms with E-state index in [1.54, 1.807) is 0 Å². The molecule has 3 N–H and O–H groups in total. The third-order valence-corrected chi connectivity index (χ3v) is 20.6. The molecule has 0 aromatic carbocycles.